The SMILES string of the molecule is COC(=O)COc1ccc(S(=O)(=O)NCCc2ccccc2)cc1. The van der Waals surface area contributed by atoms with E-state index in [-0.39, 0.29) is 11.5 Å². The van der Waals surface area contributed by atoms with Gasteiger partial charge >= 0.3 is 5.97 Å². The summed E-state index contributed by atoms with van der Waals surface area (Å²) in [6, 6.07) is 15.5. The maximum atomic E-state index is 12.2. The molecule has 7 heteroatoms. The largest absolute Gasteiger partial charge is 0.482 e. The number of carbonyl (C=O) groups is 1. The van der Waals surface area contributed by atoms with Crippen LogP contribution in [0.2, 0.25) is 0 Å². The van der Waals surface area contributed by atoms with Gasteiger partial charge in [-0.15, -0.1) is 0 Å². The summed E-state index contributed by atoms with van der Waals surface area (Å²) in [7, 11) is -2.31. The second kappa shape index (κ2) is 8.47. The van der Waals surface area contributed by atoms with Crippen LogP contribution < -0.4 is 9.46 Å². The maximum Gasteiger partial charge on any atom is 0.343 e. The number of esters is 1. The lowest BCUT2D eigenvalue weighted by Crippen LogP contribution is -2.26. The molecule has 0 heterocycles. The number of hydrogen-bond acceptors (Lipinski definition) is 5. The molecule has 0 bridgehead atoms. The van der Waals surface area contributed by atoms with Crippen LogP contribution in [-0.2, 0) is 26.0 Å². The van der Waals surface area contributed by atoms with E-state index < -0.39 is 16.0 Å². The van der Waals surface area contributed by atoms with Gasteiger partial charge in [0.05, 0.1) is 12.0 Å². The molecule has 6 nitrogen and oxygen atoms in total. The van der Waals surface area contributed by atoms with Crippen LogP contribution in [0.15, 0.2) is 59.5 Å². The molecule has 1 N–H and O–H groups in total. The maximum absolute atomic E-state index is 12.2. The third-order valence-electron chi connectivity index (χ3n) is 3.27. The molecule has 2 rings (SSSR count). The van der Waals surface area contributed by atoms with Crippen LogP contribution in [0.3, 0.4) is 0 Å². The fourth-order valence-corrected chi connectivity index (χ4v) is 3.01. The Morgan fingerprint density at radius 2 is 1.71 bits per heavy atom. The van der Waals surface area contributed by atoms with Crippen molar-refractivity contribution in [3.8, 4) is 5.75 Å². The summed E-state index contributed by atoms with van der Waals surface area (Å²) in [5, 5.41) is 0. The molecular weight excluding hydrogens is 330 g/mol. The van der Waals surface area contributed by atoms with Gasteiger partial charge in [0.15, 0.2) is 6.61 Å². The molecule has 2 aromatic carbocycles. The Hall–Kier alpha value is -2.38. The molecule has 2 aromatic rings. The molecule has 24 heavy (non-hydrogen) atoms. The molecule has 128 valence electrons. The van der Waals surface area contributed by atoms with Crippen molar-refractivity contribution < 1.29 is 22.7 Å². The van der Waals surface area contributed by atoms with E-state index in [0.717, 1.165) is 5.56 Å². The smallest absolute Gasteiger partial charge is 0.343 e. The van der Waals surface area contributed by atoms with E-state index in [9.17, 15) is 13.2 Å². The van der Waals surface area contributed by atoms with Crippen LogP contribution >= 0.6 is 0 Å². The van der Waals surface area contributed by atoms with Crippen molar-refractivity contribution in [1.82, 2.24) is 4.72 Å². The fourth-order valence-electron chi connectivity index (χ4n) is 1.97. The highest BCUT2D eigenvalue weighted by Crippen LogP contribution is 2.16. The Bertz CT molecular complexity index is 757. The molecule has 0 radical (unpaired) electrons. The van der Waals surface area contributed by atoms with Crippen molar-refractivity contribution in [2.75, 3.05) is 20.3 Å². The molecule has 0 saturated heterocycles. The molecule has 0 aromatic heterocycles. The van der Waals surface area contributed by atoms with E-state index >= 15 is 0 Å². The summed E-state index contributed by atoms with van der Waals surface area (Å²) < 4.78 is 36.6. The highest BCUT2D eigenvalue weighted by Gasteiger charge is 2.13. The minimum absolute atomic E-state index is 0.140. The van der Waals surface area contributed by atoms with Gasteiger partial charge in [-0.3, -0.25) is 0 Å². The van der Waals surface area contributed by atoms with Crippen LogP contribution in [0.5, 0.6) is 5.75 Å². The van der Waals surface area contributed by atoms with Crippen molar-refractivity contribution in [1.29, 1.82) is 0 Å². The number of sulfonamides is 1. The second-order valence-corrected chi connectivity index (χ2v) is 6.74. The Labute approximate surface area is 141 Å². The number of ether oxygens (including phenoxy) is 2. The van der Waals surface area contributed by atoms with Crippen LogP contribution in [0.1, 0.15) is 5.56 Å². The van der Waals surface area contributed by atoms with Crippen LogP contribution in [0.25, 0.3) is 0 Å². The van der Waals surface area contributed by atoms with Crippen LogP contribution in [-0.4, -0.2) is 34.6 Å². The predicted octanol–water partition coefficient (Wildman–Crippen LogP) is 1.76. The normalized spacial score (nSPS) is 11.0. The first kappa shape index (κ1) is 18.0. The van der Waals surface area contributed by atoms with Gasteiger partial charge in [-0.05, 0) is 36.2 Å². The standard InChI is InChI=1S/C17H19NO5S/c1-22-17(19)13-23-15-7-9-16(10-8-15)24(20,21)18-12-11-14-5-3-2-4-6-14/h2-10,18H,11-13H2,1H3. The summed E-state index contributed by atoms with van der Waals surface area (Å²) >= 11 is 0. The summed E-state index contributed by atoms with van der Waals surface area (Å²) in [6.07, 6.45) is 0.612. The molecule has 0 aliphatic rings. The highest BCUT2D eigenvalue weighted by molar-refractivity contribution is 7.89. The topological polar surface area (TPSA) is 81.7 Å². The van der Waals surface area contributed by atoms with Crippen molar-refractivity contribution in [2.24, 2.45) is 0 Å². The molecule has 0 aliphatic carbocycles. The zero-order valence-electron chi connectivity index (χ0n) is 13.3. The van der Waals surface area contributed by atoms with Gasteiger partial charge in [0, 0.05) is 6.54 Å². The fraction of sp³-hybridized carbons (Fsp3) is 0.235. The van der Waals surface area contributed by atoms with E-state index in [1.54, 1.807) is 0 Å². The number of hydrogen-bond donors (Lipinski definition) is 1. The Morgan fingerprint density at radius 1 is 1.04 bits per heavy atom. The molecule has 0 amide bonds. The van der Waals surface area contributed by atoms with Crippen LogP contribution in [0, 0.1) is 0 Å². The average Bonchev–Trinajstić information content (AvgIpc) is 2.60. The average molecular weight is 349 g/mol. The third kappa shape index (κ3) is 5.36. The summed E-state index contributed by atoms with van der Waals surface area (Å²) in [5.74, 6) is -0.113. The molecule has 0 aliphatic heterocycles. The van der Waals surface area contributed by atoms with Gasteiger partial charge in [-0.25, -0.2) is 17.9 Å². The van der Waals surface area contributed by atoms with Crippen LogP contribution in [0.4, 0.5) is 0 Å². The minimum atomic E-state index is -3.58. The van der Waals surface area contributed by atoms with Gasteiger partial charge in [0.2, 0.25) is 10.0 Å². The Balaban J connectivity index is 1.90. The van der Waals surface area contributed by atoms with E-state index in [1.807, 2.05) is 30.3 Å². The first-order valence-corrected chi connectivity index (χ1v) is 8.83. The zero-order chi connectivity index (χ0) is 17.4. The number of nitrogens with one attached hydrogen (secondary N) is 1. The number of benzene rings is 2. The van der Waals surface area contributed by atoms with Crippen molar-refractivity contribution in [3.05, 3.63) is 60.2 Å². The van der Waals surface area contributed by atoms with Gasteiger partial charge in [-0.2, -0.15) is 0 Å². The summed E-state index contributed by atoms with van der Waals surface area (Å²) in [6.45, 7) is 0.0882. The summed E-state index contributed by atoms with van der Waals surface area (Å²) in [5.41, 5.74) is 1.06. The predicted molar refractivity (Wildman–Crippen MR) is 89.3 cm³/mol. The van der Waals surface area contributed by atoms with Gasteiger partial charge in [0.25, 0.3) is 0 Å². The van der Waals surface area contributed by atoms with E-state index in [2.05, 4.69) is 9.46 Å². The molecule has 0 atom stereocenters. The lowest BCUT2D eigenvalue weighted by Gasteiger charge is -2.08. The number of methoxy groups -OCH3 is 1. The number of rotatable bonds is 8. The van der Waals surface area contributed by atoms with Gasteiger partial charge < -0.3 is 9.47 Å². The van der Waals surface area contributed by atoms with E-state index in [0.29, 0.717) is 18.7 Å². The van der Waals surface area contributed by atoms with Crippen molar-refractivity contribution in [2.45, 2.75) is 11.3 Å². The lowest BCUT2D eigenvalue weighted by atomic mass is 10.2. The molecule has 0 unspecified atom stereocenters. The molecule has 0 fully saturated rings. The third-order valence-corrected chi connectivity index (χ3v) is 4.74. The molecule has 0 saturated carbocycles. The quantitative estimate of drug-likeness (QED) is 0.735. The van der Waals surface area contributed by atoms with Crippen molar-refractivity contribution >= 4 is 16.0 Å². The molecular formula is C17H19NO5S. The monoisotopic (exact) mass is 349 g/mol. The summed E-state index contributed by atoms with van der Waals surface area (Å²) in [4.78, 5) is 11.1. The minimum Gasteiger partial charge on any atom is -0.482 e. The first-order chi connectivity index (χ1) is 11.5. The van der Waals surface area contributed by atoms with Gasteiger partial charge in [0.1, 0.15) is 5.75 Å². The Kier molecular flexibility index (Phi) is 6.34. The zero-order valence-corrected chi connectivity index (χ0v) is 14.1. The first-order valence-electron chi connectivity index (χ1n) is 7.34. The number of carbonyl (C=O) groups excluding carboxylic acids is 1. The van der Waals surface area contributed by atoms with Crippen molar-refractivity contribution in [3.63, 3.8) is 0 Å². The molecule has 0 spiro atoms. The lowest BCUT2D eigenvalue weighted by molar-refractivity contribution is -0.142. The Morgan fingerprint density at radius 3 is 2.33 bits per heavy atom. The van der Waals surface area contributed by atoms with Gasteiger partial charge in [-0.1, -0.05) is 30.3 Å². The van der Waals surface area contributed by atoms with E-state index in [1.165, 1.54) is 31.4 Å². The highest BCUT2D eigenvalue weighted by atomic mass is 32.2. The van der Waals surface area contributed by atoms with E-state index in [4.69, 9.17) is 4.74 Å². The second-order valence-electron chi connectivity index (χ2n) is 4.97.